The van der Waals surface area contributed by atoms with Gasteiger partial charge < -0.3 is 14.4 Å². The van der Waals surface area contributed by atoms with Gasteiger partial charge >= 0.3 is 7.60 Å². The van der Waals surface area contributed by atoms with E-state index >= 15 is 0 Å². The lowest BCUT2D eigenvalue weighted by molar-refractivity contribution is 0.280. The van der Waals surface area contributed by atoms with E-state index in [2.05, 4.69) is 10.3 Å². The lowest BCUT2D eigenvalue weighted by Crippen LogP contribution is -2.17. The van der Waals surface area contributed by atoms with E-state index in [4.69, 9.17) is 9.05 Å². The predicted octanol–water partition coefficient (Wildman–Crippen LogP) is 4.31. The normalized spacial score (nSPS) is 12.2. The summed E-state index contributed by atoms with van der Waals surface area (Å²) < 4.78 is 22.4. The van der Waals surface area contributed by atoms with Crippen LogP contribution >= 0.6 is 7.60 Å². The Hall–Kier alpha value is -1.94. The minimum absolute atomic E-state index is 0.0593. The molecule has 0 unspecified atom stereocenters. The summed E-state index contributed by atoms with van der Waals surface area (Å²) in [7, 11) is -0.469. The molecule has 2 aromatic carbocycles. The van der Waals surface area contributed by atoms with Crippen LogP contribution in [-0.4, -0.2) is 26.2 Å². The van der Waals surface area contributed by atoms with E-state index in [-0.39, 0.29) is 6.16 Å². The van der Waals surface area contributed by atoms with Crippen LogP contribution in [0.4, 0.5) is 11.4 Å². The third-order valence-corrected chi connectivity index (χ3v) is 4.78. The number of hydrogen-bond donors (Lipinski definition) is 1. The number of para-hydroxylation sites is 2. The quantitative estimate of drug-likeness (QED) is 0.490. The van der Waals surface area contributed by atoms with Gasteiger partial charge in [-0.25, -0.2) is 4.99 Å². The van der Waals surface area contributed by atoms with Crippen LogP contribution in [0.5, 0.6) is 0 Å². The van der Waals surface area contributed by atoms with Gasteiger partial charge in [0.2, 0.25) is 0 Å². The van der Waals surface area contributed by atoms with Gasteiger partial charge in [-0.2, -0.15) is 0 Å². The molecule has 0 spiro atoms. The molecule has 0 aliphatic carbocycles. The first-order valence-corrected chi connectivity index (χ1v) is 8.53. The molecular formula is C16H19N2O3P. The average molecular weight is 318 g/mol. The minimum atomic E-state index is -3.20. The maximum atomic E-state index is 12.4. The van der Waals surface area contributed by atoms with Gasteiger partial charge in [-0.05, 0) is 24.3 Å². The Labute approximate surface area is 130 Å². The molecule has 5 nitrogen and oxygen atoms in total. The van der Waals surface area contributed by atoms with Crippen LogP contribution < -0.4 is 5.32 Å². The van der Waals surface area contributed by atoms with Gasteiger partial charge in [-0.15, -0.1) is 0 Å². The summed E-state index contributed by atoms with van der Waals surface area (Å²) in [4.78, 5) is 4.51. The molecule has 6 heteroatoms. The zero-order valence-corrected chi connectivity index (χ0v) is 13.5. The van der Waals surface area contributed by atoms with E-state index in [0.717, 1.165) is 11.4 Å². The molecule has 0 aromatic heterocycles. The third kappa shape index (κ3) is 4.81. The van der Waals surface area contributed by atoms with E-state index in [9.17, 15) is 4.57 Å². The minimum Gasteiger partial charge on any atom is -0.343 e. The molecule has 0 aliphatic rings. The fourth-order valence-corrected chi connectivity index (χ4v) is 2.76. The number of aliphatic imine (C=N–C) groups is 1. The van der Waals surface area contributed by atoms with Crippen LogP contribution in [0.25, 0.3) is 0 Å². The van der Waals surface area contributed by atoms with Gasteiger partial charge in [0.05, 0.1) is 5.69 Å². The molecular weight excluding hydrogens is 299 g/mol. The van der Waals surface area contributed by atoms with Crippen molar-refractivity contribution in [1.29, 1.82) is 0 Å². The summed E-state index contributed by atoms with van der Waals surface area (Å²) in [6.07, 6.45) is 0.0593. The van der Waals surface area contributed by atoms with Gasteiger partial charge in [0.25, 0.3) is 0 Å². The Morgan fingerprint density at radius 1 is 1.00 bits per heavy atom. The molecule has 116 valence electrons. The standard InChI is InChI=1S/C16H19N2O3P/c1-20-22(19,21-2)13-16(17-14-9-5-3-6-10-14)18-15-11-7-4-8-12-15/h3-12H,13H2,1-2H3,(H,17,18). The summed E-state index contributed by atoms with van der Waals surface area (Å²) in [6.45, 7) is 0. The molecule has 1 N–H and O–H groups in total. The second-order valence-electron chi connectivity index (χ2n) is 4.52. The first kappa shape index (κ1) is 16.4. The summed E-state index contributed by atoms with van der Waals surface area (Å²) in [5.41, 5.74) is 1.62. The first-order valence-electron chi connectivity index (χ1n) is 6.80. The fourth-order valence-electron chi connectivity index (χ4n) is 1.84. The molecule has 0 saturated carbocycles. The van der Waals surface area contributed by atoms with Crippen molar-refractivity contribution in [1.82, 2.24) is 0 Å². The first-order chi connectivity index (χ1) is 10.6. The van der Waals surface area contributed by atoms with Crippen molar-refractivity contribution in [2.24, 2.45) is 4.99 Å². The molecule has 0 aliphatic heterocycles. The summed E-state index contributed by atoms with van der Waals surface area (Å²) >= 11 is 0. The zero-order valence-electron chi connectivity index (χ0n) is 12.6. The van der Waals surface area contributed by atoms with Crippen LogP contribution in [0.15, 0.2) is 65.7 Å². The molecule has 0 atom stereocenters. The number of anilines is 1. The van der Waals surface area contributed by atoms with Crippen LogP contribution in [0.1, 0.15) is 0 Å². The summed E-state index contributed by atoms with van der Waals surface area (Å²) in [5, 5.41) is 3.17. The molecule has 0 amide bonds. The highest BCUT2D eigenvalue weighted by Crippen LogP contribution is 2.46. The predicted molar refractivity (Wildman–Crippen MR) is 90.1 cm³/mol. The number of amidine groups is 1. The van der Waals surface area contributed by atoms with E-state index in [1.807, 2.05) is 60.7 Å². The van der Waals surface area contributed by atoms with E-state index in [0.29, 0.717) is 5.84 Å². The van der Waals surface area contributed by atoms with Crippen molar-refractivity contribution >= 4 is 24.8 Å². The summed E-state index contributed by atoms with van der Waals surface area (Å²) in [5.74, 6) is 0.518. The average Bonchev–Trinajstić information content (AvgIpc) is 2.56. The highest BCUT2D eigenvalue weighted by Gasteiger charge is 2.24. The smallest absolute Gasteiger partial charge is 0.337 e. The van der Waals surface area contributed by atoms with Crippen LogP contribution in [0.3, 0.4) is 0 Å². The summed E-state index contributed by atoms with van der Waals surface area (Å²) in [6, 6.07) is 19.0. The van der Waals surface area contributed by atoms with E-state index in [1.54, 1.807) is 0 Å². The zero-order chi connectivity index (χ0) is 15.8. The van der Waals surface area contributed by atoms with E-state index in [1.165, 1.54) is 14.2 Å². The Morgan fingerprint density at radius 3 is 2.09 bits per heavy atom. The number of rotatable bonds is 6. The lowest BCUT2D eigenvalue weighted by atomic mass is 10.3. The second-order valence-corrected chi connectivity index (χ2v) is 6.79. The molecule has 0 fully saturated rings. The highest BCUT2D eigenvalue weighted by atomic mass is 31.2. The Morgan fingerprint density at radius 2 is 1.55 bits per heavy atom. The topological polar surface area (TPSA) is 59.9 Å². The van der Waals surface area contributed by atoms with Crippen molar-refractivity contribution in [2.75, 3.05) is 25.7 Å². The van der Waals surface area contributed by atoms with Gasteiger partial charge in [0.15, 0.2) is 0 Å². The molecule has 0 bridgehead atoms. The third-order valence-electron chi connectivity index (χ3n) is 2.98. The monoisotopic (exact) mass is 318 g/mol. The molecule has 0 heterocycles. The molecule has 2 aromatic rings. The fraction of sp³-hybridized carbons (Fsp3) is 0.188. The number of benzene rings is 2. The van der Waals surface area contributed by atoms with E-state index < -0.39 is 7.60 Å². The lowest BCUT2D eigenvalue weighted by Gasteiger charge is -2.16. The largest absolute Gasteiger partial charge is 0.343 e. The maximum Gasteiger partial charge on any atom is 0.337 e. The van der Waals surface area contributed by atoms with Crippen molar-refractivity contribution in [2.45, 2.75) is 0 Å². The Bertz CT molecular complexity index is 652. The second kappa shape index (κ2) is 7.90. The Balaban J connectivity index is 2.28. The van der Waals surface area contributed by atoms with Crippen molar-refractivity contribution in [3.8, 4) is 0 Å². The maximum absolute atomic E-state index is 12.4. The van der Waals surface area contributed by atoms with Crippen LogP contribution in [-0.2, 0) is 13.6 Å². The van der Waals surface area contributed by atoms with Gasteiger partial charge in [0.1, 0.15) is 12.0 Å². The molecule has 2 rings (SSSR count). The number of hydrogen-bond acceptors (Lipinski definition) is 4. The van der Waals surface area contributed by atoms with Gasteiger partial charge in [-0.1, -0.05) is 36.4 Å². The van der Waals surface area contributed by atoms with Gasteiger partial charge in [-0.3, -0.25) is 4.57 Å². The molecule has 0 saturated heterocycles. The molecule has 22 heavy (non-hydrogen) atoms. The van der Waals surface area contributed by atoms with Gasteiger partial charge in [0, 0.05) is 19.9 Å². The van der Waals surface area contributed by atoms with Crippen molar-refractivity contribution in [3.63, 3.8) is 0 Å². The Kier molecular flexibility index (Phi) is 5.90. The SMILES string of the molecule is COP(=O)(CC(=Nc1ccccc1)Nc1ccccc1)OC. The number of nitrogens with zero attached hydrogens (tertiary/aromatic N) is 1. The highest BCUT2D eigenvalue weighted by molar-refractivity contribution is 7.54. The van der Waals surface area contributed by atoms with Crippen LogP contribution in [0.2, 0.25) is 0 Å². The van der Waals surface area contributed by atoms with Crippen molar-refractivity contribution in [3.05, 3.63) is 60.7 Å². The number of nitrogens with one attached hydrogen (secondary N) is 1. The molecule has 0 radical (unpaired) electrons. The van der Waals surface area contributed by atoms with Crippen molar-refractivity contribution < 1.29 is 13.6 Å². The van der Waals surface area contributed by atoms with Crippen LogP contribution in [0, 0.1) is 0 Å².